The van der Waals surface area contributed by atoms with Gasteiger partial charge in [-0.05, 0) is 35.8 Å². The molecule has 0 radical (unpaired) electrons. The van der Waals surface area contributed by atoms with E-state index in [-0.39, 0.29) is 5.91 Å². The molecule has 0 saturated carbocycles. The lowest BCUT2D eigenvalue weighted by Crippen LogP contribution is -2.07. The van der Waals surface area contributed by atoms with Gasteiger partial charge in [-0.2, -0.15) is 0 Å². The Balaban J connectivity index is 2.00. The van der Waals surface area contributed by atoms with Crippen LogP contribution in [0.4, 0.5) is 5.69 Å². The second kappa shape index (κ2) is 6.92. The molecule has 20 heavy (non-hydrogen) atoms. The molecule has 0 fully saturated rings. The van der Waals surface area contributed by atoms with E-state index < -0.39 is 0 Å². The van der Waals surface area contributed by atoms with E-state index in [1.807, 2.05) is 24.3 Å². The highest BCUT2D eigenvalue weighted by molar-refractivity contribution is 6.33. The molecule has 1 N–H and O–H groups in total. The van der Waals surface area contributed by atoms with E-state index >= 15 is 0 Å². The summed E-state index contributed by atoms with van der Waals surface area (Å²) in [5.41, 5.74) is 2.89. The second-order valence-electron chi connectivity index (χ2n) is 4.40. The van der Waals surface area contributed by atoms with E-state index in [4.69, 9.17) is 11.6 Å². The molecule has 0 aliphatic carbocycles. The average Bonchev–Trinajstić information content (AvgIpc) is 2.48. The van der Waals surface area contributed by atoms with Crippen LogP contribution >= 0.6 is 11.6 Å². The van der Waals surface area contributed by atoms with Crippen molar-refractivity contribution in [2.24, 2.45) is 0 Å². The number of benzene rings is 2. The number of anilines is 1. The van der Waals surface area contributed by atoms with Crippen LogP contribution in [0.2, 0.25) is 5.02 Å². The molecule has 3 heteroatoms. The SMILES string of the molecule is CCc1ccc(/C=C/C(=O)Nc2ccccc2Cl)cc1. The number of rotatable bonds is 4. The summed E-state index contributed by atoms with van der Waals surface area (Å²) in [6.07, 6.45) is 4.30. The normalized spacial score (nSPS) is 10.7. The first-order chi connectivity index (χ1) is 9.69. The third-order valence-corrected chi connectivity index (χ3v) is 3.28. The van der Waals surface area contributed by atoms with Crippen LogP contribution in [-0.4, -0.2) is 5.91 Å². The molecule has 0 atom stereocenters. The molecular formula is C17H16ClNO. The minimum absolute atomic E-state index is 0.197. The van der Waals surface area contributed by atoms with Gasteiger partial charge in [-0.1, -0.05) is 54.9 Å². The maximum absolute atomic E-state index is 11.8. The summed E-state index contributed by atoms with van der Waals surface area (Å²) in [6.45, 7) is 2.11. The van der Waals surface area contributed by atoms with Gasteiger partial charge < -0.3 is 5.32 Å². The highest BCUT2D eigenvalue weighted by atomic mass is 35.5. The molecule has 2 rings (SSSR count). The van der Waals surface area contributed by atoms with Gasteiger partial charge in [0.05, 0.1) is 10.7 Å². The number of para-hydroxylation sites is 1. The van der Waals surface area contributed by atoms with Crippen molar-refractivity contribution < 1.29 is 4.79 Å². The van der Waals surface area contributed by atoms with Crippen LogP contribution in [0.1, 0.15) is 18.1 Å². The quantitative estimate of drug-likeness (QED) is 0.820. The maximum atomic E-state index is 11.8. The van der Waals surface area contributed by atoms with Crippen molar-refractivity contribution in [3.05, 3.63) is 70.8 Å². The fourth-order valence-corrected chi connectivity index (χ4v) is 1.96. The number of halogens is 1. The molecule has 0 heterocycles. The summed E-state index contributed by atoms with van der Waals surface area (Å²) >= 11 is 5.98. The highest BCUT2D eigenvalue weighted by Crippen LogP contribution is 2.20. The minimum atomic E-state index is -0.197. The number of carbonyl (C=O) groups excluding carboxylic acids is 1. The molecule has 0 bridgehead atoms. The predicted molar refractivity (Wildman–Crippen MR) is 84.9 cm³/mol. The van der Waals surface area contributed by atoms with Gasteiger partial charge in [-0.25, -0.2) is 0 Å². The van der Waals surface area contributed by atoms with Crippen molar-refractivity contribution in [1.82, 2.24) is 0 Å². The van der Waals surface area contributed by atoms with Crippen molar-refractivity contribution in [2.75, 3.05) is 5.32 Å². The zero-order chi connectivity index (χ0) is 14.4. The fraction of sp³-hybridized carbons (Fsp3) is 0.118. The number of aryl methyl sites for hydroxylation is 1. The maximum Gasteiger partial charge on any atom is 0.248 e. The molecule has 2 aromatic carbocycles. The molecule has 0 aromatic heterocycles. The molecule has 0 aliphatic heterocycles. The van der Waals surface area contributed by atoms with Crippen LogP contribution in [0.3, 0.4) is 0 Å². The van der Waals surface area contributed by atoms with Gasteiger partial charge in [-0.3, -0.25) is 4.79 Å². The number of hydrogen-bond donors (Lipinski definition) is 1. The zero-order valence-electron chi connectivity index (χ0n) is 11.3. The number of nitrogens with one attached hydrogen (secondary N) is 1. The van der Waals surface area contributed by atoms with E-state index in [2.05, 4.69) is 24.4 Å². The highest BCUT2D eigenvalue weighted by Gasteiger charge is 2.01. The minimum Gasteiger partial charge on any atom is -0.321 e. The topological polar surface area (TPSA) is 29.1 Å². The summed E-state index contributed by atoms with van der Waals surface area (Å²) in [5.74, 6) is -0.197. The first-order valence-corrected chi connectivity index (χ1v) is 6.89. The van der Waals surface area contributed by atoms with Crippen LogP contribution in [0.5, 0.6) is 0 Å². The molecule has 2 aromatic rings. The monoisotopic (exact) mass is 285 g/mol. The van der Waals surface area contributed by atoms with Gasteiger partial charge in [0, 0.05) is 6.08 Å². The van der Waals surface area contributed by atoms with E-state index in [1.165, 1.54) is 11.6 Å². The predicted octanol–water partition coefficient (Wildman–Crippen LogP) is 4.55. The smallest absolute Gasteiger partial charge is 0.248 e. The molecule has 0 spiro atoms. The lowest BCUT2D eigenvalue weighted by atomic mass is 10.1. The average molecular weight is 286 g/mol. The third-order valence-electron chi connectivity index (χ3n) is 2.95. The van der Waals surface area contributed by atoms with E-state index in [0.717, 1.165) is 12.0 Å². The summed E-state index contributed by atoms with van der Waals surface area (Å²) in [6, 6.07) is 15.3. The van der Waals surface area contributed by atoms with Crippen molar-refractivity contribution in [2.45, 2.75) is 13.3 Å². The van der Waals surface area contributed by atoms with Crippen LogP contribution in [0.15, 0.2) is 54.6 Å². The molecule has 0 unspecified atom stereocenters. The van der Waals surface area contributed by atoms with Gasteiger partial charge in [0.15, 0.2) is 0 Å². The Labute approximate surface area is 124 Å². The number of carbonyl (C=O) groups is 1. The number of hydrogen-bond acceptors (Lipinski definition) is 1. The Morgan fingerprint density at radius 3 is 2.50 bits per heavy atom. The van der Waals surface area contributed by atoms with Crippen LogP contribution in [0, 0.1) is 0 Å². The molecule has 2 nitrogen and oxygen atoms in total. The van der Waals surface area contributed by atoms with Gasteiger partial charge in [0.25, 0.3) is 0 Å². The Morgan fingerprint density at radius 2 is 1.85 bits per heavy atom. The van der Waals surface area contributed by atoms with Gasteiger partial charge in [0.1, 0.15) is 0 Å². The lowest BCUT2D eigenvalue weighted by molar-refractivity contribution is -0.111. The molecule has 0 saturated heterocycles. The first kappa shape index (κ1) is 14.4. The molecule has 0 aliphatic rings. The van der Waals surface area contributed by atoms with Crippen LogP contribution in [0.25, 0.3) is 6.08 Å². The molecule has 102 valence electrons. The van der Waals surface area contributed by atoms with Crippen molar-refractivity contribution in [3.63, 3.8) is 0 Å². The summed E-state index contributed by atoms with van der Waals surface area (Å²) in [7, 11) is 0. The van der Waals surface area contributed by atoms with Crippen molar-refractivity contribution >= 4 is 29.3 Å². The lowest BCUT2D eigenvalue weighted by Gasteiger charge is -2.03. The van der Waals surface area contributed by atoms with E-state index in [0.29, 0.717) is 10.7 Å². The second-order valence-corrected chi connectivity index (χ2v) is 4.80. The standard InChI is InChI=1S/C17H16ClNO/c1-2-13-7-9-14(10-8-13)11-12-17(20)19-16-6-4-3-5-15(16)18/h3-12H,2H2,1H3,(H,19,20)/b12-11+. The first-order valence-electron chi connectivity index (χ1n) is 6.51. The Kier molecular flexibility index (Phi) is 4.97. The van der Waals surface area contributed by atoms with Gasteiger partial charge in [0.2, 0.25) is 5.91 Å². The fourth-order valence-electron chi connectivity index (χ4n) is 1.77. The summed E-state index contributed by atoms with van der Waals surface area (Å²) in [4.78, 5) is 11.8. The van der Waals surface area contributed by atoms with Crippen LogP contribution in [-0.2, 0) is 11.2 Å². The molecular weight excluding hydrogens is 270 g/mol. The van der Waals surface area contributed by atoms with Crippen molar-refractivity contribution in [3.8, 4) is 0 Å². The van der Waals surface area contributed by atoms with Crippen LogP contribution < -0.4 is 5.32 Å². The van der Waals surface area contributed by atoms with E-state index in [9.17, 15) is 4.79 Å². The number of amides is 1. The largest absolute Gasteiger partial charge is 0.321 e. The Hall–Kier alpha value is -2.06. The van der Waals surface area contributed by atoms with E-state index in [1.54, 1.807) is 18.2 Å². The Bertz CT molecular complexity index is 617. The van der Waals surface area contributed by atoms with Crippen molar-refractivity contribution in [1.29, 1.82) is 0 Å². The summed E-state index contributed by atoms with van der Waals surface area (Å²) in [5, 5.41) is 3.27. The Morgan fingerprint density at radius 1 is 1.15 bits per heavy atom. The summed E-state index contributed by atoms with van der Waals surface area (Å²) < 4.78 is 0. The third kappa shape index (κ3) is 3.97. The van der Waals surface area contributed by atoms with Gasteiger partial charge in [-0.15, -0.1) is 0 Å². The molecule has 1 amide bonds. The zero-order valence-corrected chi connectivity index (χ0v) is 12.0. The van der Waals surface area contributed by atoms with Gasteiger partial charge >= 0.3 is 0 Å².